The van der Waals surface area contributed by atoms with Gasteiger partial charge in [-0.3, -0.25) is 14.4 Å². The van der Waals surface area contributed by atoms with Gasteiger partial charge >= 0.3 is 17.9 Å². The standard InChI is InChI=1S/C68H116O6/c1-4-7-10-13-16-19-22-25-27-29-31-32-33-34-35-36-37-39-40-43-46-49-52-55-58-61-67(70)73-64-65(63-72-66(69)60-57-54-51-48-45-42-24-21-18-15-12-9-6-3)74-68(71)62-59-56-53-50-47-44-41-38-30-28-26-23-20-17-14-11-8-5-2/h7,10,16,19,21,24-25,27-28,30-32,34-35,37,39,65H,4-6,8-9,11-15,17-18,20,22-23,26,29,33,36,38,40-64H2,1-3H3/b10-7-,19-16-,24-21-,27-25-,30-28-,32-31-,35-34-,39-37-. The summed E-state index contributed by atoms with van der Waals surface area (Å²) in [5, 5.41) is 0. The maximum Gasteiger partial charge on any atom is 0.306 e. The molecule has 0 radical (unpaired) electrons. The summed E-state index contributed by atoms with van der Waals surface area (Å²) in [6, 6.07) is 0. The molecule has 0 aromatic heterocycles. The van der Waals surface area contributed by atoms with Crippen LogP contribution in [0.1, 0.15) is 297 Å². The van der Waals surface area contributed by atoms with Crippen molar-refractivity contribution in [1.29, 1.82) is 0 Å². The molecule has 0 heterocycles. The highest BCUT2D eigenvalue weighted by atomic mass is 16.6. The fourth-order valence-corrected chi connectivity index (χ4v) is 8.61. The van der Waals surface area contributed by atoms with Crippen LogP contribution in [-0.4, -0.2) is 37.2 Å². The van der Waals surface area contributed by atoms with E-state index in [-0.39, 0.29) is 31.1 Å². The summed E-state index contributed by atoms with van der Waals surface area (Å²) in [4.78, 5) is 38.3. The van der Waals surface area contributed by atoms with Crippen LogP contribution in [0.25, 0.3) is 0 Å². The van der Waals surface area contributed by atoms with Crippen LogP contribution in [-0.2, 0) is 28.6 Å². The van der Waals surface area contributed by atoms with Crippen molar-refractivity contribution in [2.24, 2.45) is 0 Å². The zero-order valence-corrected chi connectivity index (χ0v) is 48.6. The Balaban J connectivity index is 4.38. The minimum absolute atomic E-state index is 0.0878. The summed E-state index contributed by atoms with van der Waals surface area (Å²) in [6.07, 6.45) is 82.6. The minimum Gasteiger partial charge on any atom is -0.462 e. The Morgan fingerprint density at radius 1 is 0.284 bits per heavy atom. The molecule has 0 spiro atoms. The van der Waals surface area contributed by atoms with Crippen LogP contribution >= 0.6 is 0 Å². The average molecular weight is 1030 g/mol. The summed E-state index contributed by atoms with van der Waals surface area (Å²) < 4.78 is 16.9. The normalized spacial score (nSPS) is 12.7. The van der Waals surface area contributed by atoms with Crippen LogP contribution in [0.15, 0.2) is 97.2 Å². The second kappa shape index (κ2) is 61.9. The molecule has 0 bridgehead atoms. The van der Waals surface area contributed by atoms with Crippen LogP contribution in [0.3, 0.4) is 0 Å². The third-order valence-corrected chi connectivity index (χ3v) is 13.3. The lowest BCUT2D eigenvalue weighted by Gasteiger charge is -2.18. The van der Waals surface area contributed by atoms with Crippen molar-refractivity contribution in [2.75, 3.05) is 13.2 Å². The first-order valence-corrected chi connectivity index (χ1v) is 31.2. The topological polar surface area (TPSA) is 78.9 Å². The molecule has 1 atom stereocenters. The molecule has 0 aliphatic heterocycles. The largest absolute Gasteiger partial charge is 0.462 e. The third-order valence-electron chi connectivity index (χ3n) is 13.3. The molecule has 0 aromatic rings. The van der Waals surface area contributed by atoms with Gasteiger partial charge in [-0.05, 0) is 122 Å². The van der Waals surface area contributed by atoms with Gasteiger partial charge in [-0.25, -0.2) is 0 Å². The van der Waals surface area contributed by atoms with Crippen LogP contribution in [0, 0.1) is 0 Å². The molecule has 74 heavy (non-hydrogen) atoms. The molecule has 0 rings (SSSR count). The Hall–Kier alpha value is -3.67. The van der Waals surface area contributed by atoms with Crippen molar-refractivity contribution in [2.45, 2.75) is 303 Å². The molecule has 424 valence electrons. The number of unbranched alkanes of at least 4 members (excludes halogenated alkanes) is 29. The molecule has 0 saturated carbocycles. The molecule has 6 heteroatoms. The van der Waals surface area contributed by atoms with Gasteiger partial charge in [-0.2, -0.15) is 0 Å². The van der Waals surface area contributed by atoms with Crippen molar-refractivity contribution in [1.82, 2.24) is 0 Å². The summed E-state index contributed by atoms with van der Waals surface area (Å²) in [5.74, 6) is -0.908. The molecular weight excluding hydrogens is 913 g/mol. The van der Waals surface area contributed by atoms with Gasteiger partial charge in [0.2, 0.25) is 0 Å². The molecule has 0 aromatic carbocycles. The Labute approximate surface area is 457 Å². The fourth-order valence-electron chi connectivity index (χ4n) is 8.61. The molecule has 0 aliphatic rings. The second-order valence-electron chi connectivity index (χ2n) is 20.6. The molecule has 0 fully saturated rings. The van der Waals surface area contributed by atoms with Gasteiger partial charge in [-0.15, -0.1) is 0 Å². The number of carbonyl (C=O) groups is 3. The molecular formula is C68H116O6. The Bertz CT molecular complexity index is 1460. The average Bonchev–Trinajstić information content (AvgIpc) is 3.40. The summed E-state index contributed by atoms with van der Waals surface area (Å²) in [5.41, 5.74) is 0. The number of hydrogen-bond acceptors (Lipinski definition) is 6. The lowest BCUT2D eigenvalue weighted by molar-refractivity contribution is -0.167. The highest BCUT2D eigenvalue weighted by Gasteiger charge is 2.19. The van der Waals surface area contributed by atoms with Crippen LogP contribution in [0.5, 0.6) is 0 Å². The van der Waals surface area contributed by atoms with Gasteiger partial charge in [0.1, 0.15) is 13.2 Å². The maximum atomic E-state index is 12.9. The Morgan fingerprint density at radius 2 is 0.527 bits per heavy atom. The van der Waals surface area contributed by atoms with E-state index in [9.17, 15) is 14.4 Å². The van der Waals surface area contributed by atoms with Gasteiger partial charge in [-0.1, -0.05) is 253 Å². The van der Waals surface area contributed by atoms with Crippen molar-refractivity contribution in [3.8, 4) is 0 Å². The predicted molar refractivity (Wildman–Crippen MR) is 320 cm³/mol. The number of rotatable bonds is 56. The monoisotopic (exact) mass is 1030 g/mol. The van der Waals surface area contributed by atoms with Crippen molar-refractivity contribution >= 4 is 17.9 Å². The van der Waals surface area contributed by atoms with Crippen molar-refractivity contribution in [3.63, 3.8) is 0 Å². The first-order chi connectivity index (χ1) is 36.5. The molecule has 6 nitrogen and oxygen atoms in total. The van der Waals surface area contributed by atoms with E-state index in [4.69, 9.17) is 14.2 Å². The lowest BCUT2D eigenvalue weighted by Crippen LogP contribution is -2.30. The first-order valence-electron chi connectivity index (χ1n) is 31.2. The molecule has 0 saturated heterocycles. The highest BCUT2D eigenvalue weighted by molar-refractivity contribution is 5.71. The number of esters is 3. The fraction of sp³-hybridized carbons (Fsp3) is 0.721. The highest BCUT2D eigenvalue weighted by Crippen LogP contribution is 2.15. The maximum absolute atomic E-state index is 12.9. The van der Waals surface area contributed by atoms with E-state index in [2.05, 4.69) is 118 Å². The second-order valence-corrected chi connectivity index (χ2v) is 20.6. The molecule has 0 aliphatic carbocycles. The van der Waals surface area contributed by atoms with Gasteiger partial charge in [0.15, 0.2) is 6.10 Å². The third kappa shape index (κ3) is 59.2. The van der Waals surface area contributed by atoms with Gasteiger partial charge in [0.25, 0.3) is 0 Å². The predicted octanol–water partition coefficient (Wildman–Crippen LogP) is 21.3. The van der Waals surface area contributed by atoms with E-state index in [1.54, 1.807) is 0 Å². The van der Waals surface area contributed by atoms with Crippen LogP contribution in [0.4, 0.5) is 0 Å². The number of hydrogen-bond donors (Lipinski definition) is 0. The molecule has 1 unspecified atom stereocenters. The van der Waals surface area contributed by atoms with E-state index in [0.29, 0.717) is 19.3 Å². The molecule has 0 amide bonds. The summed E-state index contributed by atoms with van der Waals surface area (Å²) >= 11 is 0. The number of ether oxygens (including phenoxy) is 3. The van der Waals surface area contributed by atoms with E-state index < -0.39 is 6.10 Å². The SMILES string of the molecule is CC/C=C\C/C=C\C/C=C\C/C=C\C/C=C\C/C=C\CCCCCCCCC(=O)OCC(COC(=O)CCCCCCC/C=C\CCCCCC)OC(=O)CCCCCCCCC/C=C\CCCCCCCCC. The van der Waals surface area contributed by atoms with Crippen LogP contribution < -0.4 is 0 Å². The van der Waals surface area contributed by atoms with Crippen molar-refractivity contribution < 1.29 is 28.6 Å². The first kappa shape index (κ1) is 70.3. The quantitative estimate of drug-likeness (QED) is 0.0261. The lowest BCUT2D eigenvalue weighted by atomic mass is 10.1. The van der Waals surface area contributed by atoms with E-state index in [1.165, 1.54) is 141 Å². The van der Waals surface area contributed by atoms with E-state index in [1.807, 2.05) is 0 Å². The Morgan fingerprint density at radius 3 is 0.851 bits per heavy atom. The summed E-state index contributed by atoms with van der Waals surface area (Å²) in [7, 11) is 0. The van der Waals surface area contributed by atoms with Crippen molar-refractivity contribution in [3.05, 3.63) is 97.2 Å². The zero-order valence-electron chi connectivity index (χ0n) is 48.6. The smallest absolute Gasteiger partial charge is 0.306 e. The van der Waals surface area contributed by atoms with Gasteiger partial charge < -0.3 is 14.2 Å². The van der Waals surface area contributed by atoms with Gasteiger partial charge in [0, 0.05) is 19.3 Å². The van der Waals surface area contributed by atoms with E-state index >= 15 is 0 Å². The Kier molecular flexibility index (Phi) is 58.8. The summed E-state index contributed by atoms with van der Waals surface area (Å²) in [6.45, 7) is 6.51. The zero-order chi connectivity index (χ0) is 53.6. The number of allylic oxidation sites excluding steroid dienone is 16. The molecule has 0 N–H and O–H groups in total. The van der Waals surface area contributed by atoms with Gasteiger partial charge in [0.05, 0.1) is 0 Å². The minimum atomic E-state index is -0.791. The van der Waals surface area contributed by atoms with E-state index in [0.717, 1.165) is 116 Å². The van der Waals surface area contributed by atoms with Crippen LogP contribution in [0.2, 0.25) is 0 Å². The number of carbonyl (C=O) groups excluding carboxylic acids is 3.